The summed E-state index contributed by atoms with van der Waals surface area (Å²) in [5.74, 6) is 0.649. The number of nitrogens with one attached hydrogen (secondary N) is 1. The zero-order valence-electron chi connectivity index (χ0n) is 10.6. The molecule has 94 valence electrons. The Morgan fingerprint density at radius 3 is 2.35 bits per heavy atom. The van der Waals surface area contributed by atoms with E-state index in [4.69, 9.17) is 0 Å². The second-order valence-electron chi connectivity index (χ2n) is 4.49. The molecule has 0 saturated carbocycles. The van der Waals surface area contributed by atoms with Crippen LogP contribution in [0.4, 0.5) is 5.69 Å². The molecule has 1 rings (SSSR count). The summed E-state index contributed by atoms with van der Waals surface area (Å²) in [6.07, 6.45) is 1.15. The average molecular weight is 236 g/mol. The standard InChI is InChI=1S/C13H20N2O2/c1-4-10(2)9-14-11(3)12-5-7-13(8-6-12)15(16)17/h5-8,10-11,14H,4,9H2,1-3H3/t10-,11-/m0/s1. The molecular weight excluding hydrogens is 216 g/mol. The maximum absolute atomic E-state index is 10.5. The minimum Gasteiger partial charge on any atom is -0.310 e. The van der Waals surface area contributed by atoms with Gasteiger partial charge in [-0.2, -0.15) is 0 Å². The summed E-state index contributed by atoms with van der Waals surface area (Å²) in [5, 5.41) is 14.0. The van der Waals surface area contributed by atoms with Crippen molar-refractivity contribution >= 4 is 5.69 Å². The quantitative estimate of drug-likeness (QED) is 0.609. The minimum atomic E-state index is -0.374. The van der Waals surface area contributed by atoms with E-state index in [2.05, 4.69) is 26.1 Å². The first-order valence-corrected chi connectivity index (χ1v) is 6.02. The van der Waals surface area contributed by atoms with Crippen LogP contribution in [-0.2, 0) is 0 Å². The van der Waals surface area contributed by atoms with Crippen LogP contribution in [0.15, 0.2) is 24.3 Å². The number of nitro groups is 1. The summed E-state index contributed by atoms with van der Waals surface area (Å²) in [6.45, 7) is 7.41. The third-order valence-electron chi connectivity index (χ3n) is 3.07. The van der Waals surface area contributed by atoms with Crippen molar-refractivity contribution in [3.05, 3.63) is 39.9 Å². The first-order chi connectivity index (χ1) is 8.04. The first kappa shape index (κ1) is 13.6. The zero-order chi connectivity index (χ0) is 12.8. The molecule has 0 aliphatic rings. The smallest absolute Gasteiger partial charge is 0.269 e. The predicted molar refractivity (Wildman–Crippen MR) is 69.0 cm³/mol. The van der Waals surface area contributed by atoms with Gasteiger partial charge in [-0.3, -0.25) is 10.1 Å². The molecular formula is C13H20N2O2. The lowest BCUT2D eigenvalue weighted by Crippen LogP contribution is -2.24. The number of hydrogen-bond acceptors (Lipinski definition) is 3. The first-order valence-electron chi connectivity index (χ1n) is 6.02. The van der Waals surface area contributed by atoms with E-state index in [-0.39, 0.29) is 16.7 Å². The van der Waals surface area contributed by atoms with Crippen molar-refractivity contribution in [3.63, 3.8) is 0 Å². The number of nitro benzene ring substituents is 1. The Balaban J connectivity index is 2.57. The molecule has 0 aliphatic carbocycles. The molecule has 1 N–H and O–H groups in total. The van der Waals surface area contributed by atoms with E-state index in [1.54, 1.807) is 12.1 Å². The van der Waals surface area contributed by atoms with Crippen LogP contribution in [-0.4, -0.2) is 11.5 Å². The Hall–Kier alpha value is -1.42. The third kappa shape index (κ3) is 4.15. The molecule has 0 amide bonds. The Morgan fingerprint density at radius 1 is 1.29 bits per heavy atom. The highest BCUT2D eigenvalue weighted by Gasteiger charge is 2.09. The molecule has 17 heavy (non-hydrogen) atoms. The van der Waals surface area contributed by atoms with Crippen LogP contribution in [0, 0.1) is 16.0 Å². The lowest BCUT2D eigenvalue weighted by Gasteiger charge is -2.17. The molecule has 2 atom stereocenters. The average Bonchev–Trinajstić information content (AvgIpc) is 2.35. The number of nitrogens with zero attached hydrogens (tertiary/aromatic N) is 1. The lowest BCUT2D eigenvalue weighted by molar-refractivity contribution is -0.384. The van der Waals surface area contributed by atoms with Gasteiger partial charge in [0.25, 0.3) is 5.69 Å². The third-order valence-corrected chi connectivity index (χ3v) is 3.07. The largest absolute Gasteiger partial charge is 0.310 e. The molecule has 0 unspecified atom stereocenters. The maximum atomic E-state index is 10.5. The number of hydrogen-bond donors (Lipinski definition) is 1. The van der Waals surface area contributed by atoms with Gasteiger partial charge in [-0.25, -0.2) is 0 Å². The Bertz CT molecular complexity index is 362. The number of rotatable bonds is 6. The van der Waals surface area contributed by atoms with Gasteiger partial charge in [0, 0.05) is 18.2 Å². The van der Waals surface area contributed by atoms with Gasteiger partial charge in [0.2, 0.25) is 0 Å². The van der Waals surface area contributed by atoms with E-state index in [9.17, 15) is 10.1 Å². The topological polar surface area (TPSA) is 55.2 Å². The molecule has 0 saturated heterocycles. The van der Waals surface area contributed by atoms with Gasteiger partial charge in [0.15, 0.2) is 0 Å². The fourth-order valence-corrected chi connectivity index (χ4v) is 1.52. The van der Waals surface area contributed by atoms with E-state index in [0.717, 1.165) is 18.5 Å². The monoisotopic (exact) mass is 236 g/mol. The van der Waals surface area contributed by atoms with Crippen LogP contribution in [0.1, 0.15) is 38.8 Å². The summed E-state index contributed by atoms with van der Waals surface area (Å²) in [7, 11) is 0. The summed E-state index contributed by atoms with van der Waals surface area (Å²) >= 11 is 0. The highest BCUT2D eigenvalue weighted by molar-refractivity contribution is 5.33. The summed E-state index contributed by atoms with van der Waals surface area (Å²) < 4.78 is 0. The highest BCUT2D eigenvalue weighted by atomic mass is 16.6. The van der Waals surface area contributed by atoms with Crippen LogP contribution in [0.3, 0.4) is 0 Å². The van der Waals surface area contributed by atoms with Crippen LogP contribution in [0.2, 0.25) is 0 Å². The SMILES string of the molecule is CC[C@H](C)CN[C@@H](C)c1ccc([N+](=O)[O-])cc1. The molecule has 0 radical (unpaired) electrons. The van der Waals surface area contributed by atoms with Crippen molar-refractivity contribution in [2.24, 2.45) is 5.92 Å². The van der Waals surface area contributed by atoms with Gasteiger partial charge >= 0.3 is 0 Å². The van der Waals surface area contributed by atoms with Crippen molar-refractivity contribution in [2.75, 3.05) is 6.54 Å². The van der Waals surface area contributed by atoms with E-state index >= 15 is 0 Å². The van der Waals surface area contributed by atoms with Crippen LogP contribution in [0.5, 0.6) is 0 Å². The fourth-order valence-electron chi connectivity index (χ4n) is 1.52. The van der Waals surface area contributed by atoms with Crippen molar-refractivity contribution in [3.8, 4) is 0 Å². The van der Waals surface area contributed by atoms with Crippen molar-refractivity contribution in [1.82, 2.24) is 5.32 Å². The Morgan fingerprint density at radius 2 is 1.88 bits per heavy atom. The molecule has 0 heterocycles. The van der Waals surface area contributed by atoms with Gasteiger partial charge in [-0.05, 0) is 24.9 Å². The summed E-state index contributed by atoms with van der Waals surface area (Å²) in [5.41, 5.74) is 1.22. The second kappa shape index (κ2) is 6.35. The minimum absolute atomic E-state index is 0.142. The summed E-state index contributed by atoms with van der Waals surface area (Å²) in [4.78, 5) is 10.2. The number of non-ortho nitro benzene ring substituents is 1. The molecule has 1 aromatic rings. The van der Waals surface area contributed by atoms with E-state index in [1.807, 2.05) is 12.1 Å². The van der Waals surface area contributed by atoms with Crippen molar-refractivity contribution < 1.29 is 4.92 Å². The molecule has 4 nitrogen and oxygen atoms in total. The molecule has 0 aromatic heterocycles. The molecule has 4 heteroatoms. The Labute approximate surface area is 102 Å². The van der Waals surface area contributed by atoms with Gasteiger partial charge in [-0.1, -0.05) is 32.4 Å². The molecule has 0 aliphatic heterocycles. The molecule has 1 aromatic carbocycles. The predicted octanol–water partition coefficient (Wildman–Crippen LogP) is 3.29. The van der Waals surface area contributed by atoms with Crippen molar-refractivity contribution in [1.29, 1.82) is 0 Å². The fraction of sp³-hybridized carbons (Fsp3) is 0.538. The summed E-state index contributed by atoms with van der Waals surface area (Å²) in [6, 6.07) is 6.96. The molecule has 0 bridgehead atoms. The van der Waals surface area contributed by atoms with E-state index in [0.29, 0.717) is 5.92 Å². The zero-order valence-corrected chi connectivity index (χ0v) is 10.6. The van der Waals surface area contributed by atoms with Gasteiger partial charge in [-0.15, -0.1) is 0 Å². The maximum Gasteiger partial charge on any atom is 0.269 e. The van der Waals surface area contributed by atoms with Gasteiger partial charge in [0.1, 0.15) is 0 Å². The van der Waals surface area contributed by atoms with Crippen molar-refractivity contribution in [2.45, 2.75) is 33.2 Å². The van der Waals surface area contributed by atoms with E-state index in [1.165, 1.54) is 0 Å². The number of benzene rings is 1. The lowest BCUT2D eigenvalue weighted by atomic mass is 10.1. The molecule has 0 spiro atoms. The van der Waals surface area contributed by atoms with E-state index < -0.39 is 0 Å². The Kier molecular flexibility index (Phi) is 5.10. The van der Waals surface area contributed by atoms with Crippen LogP contribution in [0.25, 0.3) is 0 Å². The second-order valence-corrected chi connectivity index (χ2v) is 4.49. The van der Waals surface area contributed by atoms with Crippen LogP contribution >= 0.6 is 0 Å². The molecule has 0 fully saturated rings. The van der Waals surface area contributed by atoms with Gasteiger partial charge < -0.3 is 5.32 Å². The highest BCUT2D eigenvalue weighted by Crippen LogP contribution is 2.17. The van der Waals surface area contributed by atoms with Crippen LogP contribution < -0.4 is 5.32 Å². The van der Waals surface area contributed by atoms with Gasteiger partial charge in [0.05, 0.1) is 4.92 Å². The normalized spacial score (nSPS) is 14.3.